The second-order valence-electron chi connectivity index (χ2n) is 6.46. The number of carbonyl (C=O) groups excluding carboxylic acids is 1. The number of hydrogen-bond acceptors (Lipinski definition) is 5. The SMILES string of the molecule is Cc1ccc(-c2csc3ncnc(OCC(=O)Nc4cc(Cl)c(Cl)cc4Cl)c23)cc1. The first-order valence-corrected chi connectivity index (χ1v) is 10.8. The minimum atomic E-state index is -0.408. The molecule has 0 aliphatic rings. The van der Waals surface area contributed by atoms with Crippen LogP contribution < -0.4 is 10.1 Å². The van der Waals surface area contributed by atoms with Crippen LogP contribution in [0.1, 0.15) is 5.56 Å². The van der Waals surface area contributed by atoms with Crippen molar-refractivity contribution in [1.82, 2.24) is 9.97 Å². The quantitative estimate of drug-likeness (QED) is 0.326. The van der Waals surface area contributed by atoms with E-state index in [-0.39, 0.29) is 16.7 Å². The van der Waals surface area contributed by atoms with Crippen molar-refractivity contribution < 1.29 is 9.53 Å². The number of aromatic nitrogens is 2. The summed E-state index contributed by atoms with van der Waals surface area (Å²) in [5.41, 5.74) is 3.50. The van der Waals surface area contributed by atoms with Gasteiger partial charge in [0.25, 0.3) is 5.91 Å². The summed E-state index contributed by atoms with van der Waals surface area (Å²) in [5, 5.41) is 6.31. The van der Waals surface area contributed by atoms with E-state index in [4.69, 9.17) is 39.5 Å². The first-order chi connectivity index (χ1) is 14.4. The lowest BCUT2D eigenvalue weighted by molar-refractivity contribution is -0.118. The lowest BCUT2D eigenvalue weighted by Gasteiger charge is -2.10. The summed E-state index contributed by atoms with van der Waals surface area (Å²) < 4.78 is 5.73. The molecule has 0 aliphatic carbocycles. The van der Waals surface area contributed by atoms with E-state index in [1.54, 1.807) is 0 Å². The molecule has 152 valence electrons. The Hall–Kier alpha value is -2.38. The van der Waals surface area contributed by atoms with Gasteiger partial charge in [0.05, 0.1) is 26.1 Å². The van der Waals surface area contributed by atoms with Crippen LogP contribution in [0.5, 0.6) is 5.88 Å². The molecule has 0 radical (unpaired) electrons. The molecule has 4 aromatic rings. The van der Waals surface area contributed by atoms with Gasteiger partial charge < -0.3 is 10.1 Å². The number of halogens is 3. The Morgan fingerprint density at radius 3 is 2.57 bits per heavy atom. The van der Waals surface area contributed by atoms with E-state index in [0.717, 1.165) is 21.3 Å². The lowest BCUT2D eigenvalue weighted by atomic mass is 10.0. The predicted octanol–water partition coefficient (Wildman–Crippen LogP) is 6.64. The average Bonchev–Trinajstić information content (AvgIpc) is 3.16. The van der Waals surface area contributed by atoms with Crippen LogP contribution in [0.4, 0.5) is 5.69 Å². The van der Waals surface area contributed by atoms with Crippen molar-refractivity contribution in [3.05, 3.63) is 68.7 Å². The Morgan fingerprint density at radius 2 is 1.80 bits per heavy atom. The highest BCUT2D eigenvalue weighted by Crippen LogP contribution is 2.37. The van der Waals surface area contributed by atoms with Gasteiger partial charge in [0.15, 0.2) is 6.61 Å². The fraction of sp³-hybridized carbons (Fsp3) is 0.0952. The molecule has 1 amide bonds. The van der Waals surface area contributed by atoms with Crippen molar-refractivity contribution in [1.29, 1.82) is 0 Å². The lowest BCUT2D eigenvalue weighted by Crippen LogP contribution is -2.20. The van der Waals surface area contributed by atoms with Crippen molar-refractivity contribution in [3.8, 4) is 17.0 Å². The van der Waals surface area contributed by atoms with E-state index in [1.165, 1.54) is 35.4 Å². The molecule has 0 atom stereocenters. The summed E-state index contributed by atoms with van der Waals surface area (Å²) in [6.07, 6.45) is 1.42. The molecule has 2 aromatic heterocycles. The number of ether oxygens (including phenoxy) is 1. The summed E-state index contributed by atoms with van der Waals surface area (Å²) in [4.78, 5) is 21.7. The van der Waals surface area contributed by atoms with Gasteiger partial charge in [-0.2, -0.15) is 0 Å². The number of amides is 1. The summed E-state index contributed by atoms with van der Waals surface area (Å²) in [5.74, 6) is -0.0682. The summed E-state index contributed by atoms with van der Waals surface area (Å²) in [7, 11) is 0. The molecule has 0 fully saturated rings. The average molecular weight is 479 g/mol. The fourth-order valence-corrected chi connectivity index (χ4v) is 4.34. The van der Waals surface area contributed by atoms with Gasteiger partial charge in [0.1, 0.15) is 11.2 Å². The maximum absolute atomic E-state index is 12.4. The number of hydrogen-bond donors (Lipinski definition) is 1. The molecular weight excluding hydrogens is 465 g/mol. The van der Waals surface area contributed by atoms with Gasteiger partial charge in [-0.1, -0.05) is 64.6 Å². The van der Waals surface area contributed by atoms with Gasteiger partial charge in [-0.05, 0) is 24.6 Å². The van der Waals surface area contributed by atoms with Crippen LogP contribution in [0.2, 0.25) is 15.1 Å². The first-order valence-electron chi connectivity index (χ1n) is 8.79. The number of thiophene rings is 1. The van der Waals surface area contributed by atoms with Crippen molar-refractivity contribution in [2.24, 2.45) is 0 Å². The minimum Gasteiger partial charge on any atom is -0.467 e. The molecular formula is C21H14Cl3N3O2S. The number of nitrogens with zero attached hydrogens (tertiary/aromatic N) is 2. The zero-order valence-electron chi connectivity index (χ0n) is 15.6. The van der Waals surface area contributed by atoms with Gasteiger partial charge in [-0.3, -0.25) is 4.79 Å². The highest BCUT2D eigenvalue weighted by Gasteiger charge is 2.16. The molecule has 1 N–H and O–H groups in total. The molecule has 0 saturated heterocycles. The number of nitrogens with one attached hydrogen (secondary N) is 1. The van der Waals surface area contributed by atoms with Crippen LogP contribution in [0, 0.1) is 6.92 Å². The zero-order chi connectivity index (χ0) is 21.3. The molecule has 5 nitrogen and oxygen atoms in total. The minimum absolute atomic E-state index is 0.258. The number of benzene rings is 2. The third-order valence-corrected chi connectivity index (χ3v) is 6.24. The third-order valence-electron chi connectivity index (χ3n) is 4.32. The third kappa shape index (κ3) is 4.37. The molecule has 30 heavy (non-hydrogen) atoms. The standard InChI is InChI=1S/C21H14Cl3N3O2S/c1-11-2-4-12(5-3-11)13-9-30-21-19(13)20(25-10-26-21)29-8-18(28)27-17-7-15(23)14(22)6-16(17)24/h2-7,9-10H,8H2,1H3,(H,27,28). The van der Waals surface area contributed by atoms with Crippen LogP contribution in [0.15, 0.2) is 48.1 Å². The van der Waals surface area contributed by atoms with Crippen LogP contribution in [0.3, 0.4) is 0 Å². The van der Waals surface area contributed by atoms with Gasteiger partial charge in [-0.15, -0.1) is 11.3 Å². The zero-order valence-corrected chi connectivity index (χ0v) is 18.7. The van der Waals surface area contributed by atoms with Crippen molar-refractivity contribution in [3.63, 3.8) is 0 Å². The van der Waals surface area contributed by atoms with E-state index < -0.39 is 5.91 Å². The Labute approximate surface area is 191 Å². The molecule has 9 heteroatoms. The Kier molecular flexibility index (Phi) is 6.11. The predicted molar refractivity (Wildman–Crippen MR) is 123 cm³/mol. The van der Waals surface area contributed by atoms with Crippen LogP contribution in [0.25, 0.3) is 21.3 Å². The molecule has 4 rings (SSSR count). The second kappa shape index (κ2) is 8.78. The van der Waals surface area contributed by atoms with Gasteiger partial charge >= 0.3 is 0 Å². The maximum Gasteiger partial charge on any atom is 0.262 e. The maximum atomic E-state index is 12.4. The Balaban J connectivity index is 1.56. The number of anilines is 1. The van der Waals surface area contributed by atoms with Gasteiger partial charge in [-0.25, -0.2) is 9.97 Å². The molecule has 2 aromatic carbocycles. The molecule has 0 saturated carbocycles. The Morgan fingerprint density at radius 1 is 1.07 bits per heavy atom. The molecule has 0 spiro atoms. The molecule has 0 bridgehead atoms. The van der Waals surface area contributed by atoms with Crippen molar-refractivity contribution in [2.45, 2.75) is 6.92 Å². The van der Waals surface area contributed by atoms with Crippen molar-refractivity contribution in [2.75, 3.05) is 11.9 Å². The van der Waals surface area contributed by atoms with Crippen LogP contribution >= 0.6 is 46.1 Å². The van der Waals surface area contributed by atoms with Crippen LogP contribution in [-0.2, 0) is 4.79 Å². The van der Waals surface area contributed by atoms with E-state index in [1.807, 2.05) is 36.6 Å². The topological polar surface area (TPSA) is 64.1 Å². The number of fused-ring (bicyclic) bond motifs is 1. The van der Waals surface area contributed by atoms with E-state index in [2.05, 4.69) is 15.3 Å². The van der Waals surface area contributed by atoms with E-state index in [0.29, 0.717) is 16.6 Å². The van der Waals surface area contributed by atoms with Crippen molar-refractivity contribution >= 4 is 68.0 Å². The number of rotatable bonds is 5. The second-order valence-corrected chi connectivity index (χ2v) is 8.54. The van der Waals surface area contributed by atoms with E-state index >= 15 is 0 Å². The van der Waals surface area contributed by atoms with E-state index in [9.17, 15) is 4.79 Å². The molecule has 2 heterocycles. The fourth-order valence-electron chi connectivity index (χ4n) is 2.84. The van der Waals surface area contributed by atoms with Gasteiger partial charge in [0.2, 0.25) is 5.88 Å². The molecule has 0 unspecified atom stereocenters. The highest BCUT2D eigenvalue weighted by atomic mass is 35.5. The normalized spacial score (nSPS) is 10.9. The smallest absolute Gasteiger partial charge is 0.262 e. The Bertz CT molecular complexity index is 1240. The first kappa shape index (κ1) is 20.9. The highest BCUT2D eigenvalue weighted by molar-refractivity contribution is 7.17. The monoisotopic (exact) mass is 477 g/mol. The largest absolute Gasteiger partial charge is 0.467 e. The number of carbonyl (C=O) groups is 1. The summed E-state index contributed by atoms with van der Waals surface area (Å²) >= 11 is 19.5. The number of aryl methyl sites for hydroxylation is 1. The van der Waals surface area contributed by atoms with Gasteiger partial charge in [0, 0.05) is 10.9 Å². The summed E-state index contributed by atoms with van der Waals surface area (Å²) in [6.45, 7) is 1.78. The molecule has 0 aliphatic heterocycles. The summed E-state index contributed by atoms with van der Waals surface area (Å²) in [6, 6.07) is 11.1. The van der Waals surface area contributed by atoms with Crippen LogP contribution in [-0.4, -0.2) is 22.5 Å².